The fourth-order valence-electron chi connectivity index (χ4n) is 3.57. The predicted octanol–water partition coefficient (Wildman–Crippen LogP) is 5.54. The van der Waals surface area contributed by atoms with Crippen molar-refractivity contribution in [1.29, 1.82) is 0 Å². The fraction of sp³-hybridized carbons (Fsp3) is 0.0769. The van der Waals surface area contributed by atoms with Crippen molar-refractivity contribution in [2.45, 2.75) is 10.3 Å². The second-order valence-electron chi connectivity index (χ2n) is 6.69. The van der Waals surface area contributed by atoms with E-state index in [0.29, 0.717) is 5.40 Å². The molecule has 0 bridgehead atoms. The Bertz CT molecular complexity index is 830. The molecule has 0 aliphatic heterocycles. The first-order valence-electron chi connectivity index (χ1n) is 9.69. The van der Waals surface area contributed by atoms with Gasteiger partial charge in [-0.1, -0.05) is 0 Å². The van der Waals surface area contributed by atoms with Crippen LogP contribution in [-0.4, -0.2) is 5.40 Å². The molecule has 3 heteroatoms. The van der Waals surface area contributed by atoms with Gasteiger partial charge in [-0.3, -0.25) is 0 Å². The van der Waals surface area contributed by atoms with E-state index in [1.54, 1.807) is 0 Å². The third-order valence-corrected chi connectivity index (χ3v) is 12.8. The summed E-state index contributed by atoms with van der Waals surface area (Å²) in [5, 5.41) is 6.30. The van der Waals surface area contributed by atoms with Crippen molar-refractivity contribution in [2.75, 3.05) is 0 Å². The van der Waals surface area contributed by atoms with Crippen LogP contribution < -0.4 is 21.2 Å². The molecule has 0 amide bonds. The zero-order valence-electron chi connectivity index (χ0n) is 16.0. The molecular formula is C26H23P2Pd. The number of rotatable bonds is 7. The Hall–Kier alpha value is -1.60. The third kappa shape index (κ3) is 4.94. The summed E-state index contributed by atoms with van der Waals surface area (Å²) in [6.07, 6.45) is 0. The molecule has 0 aliphatic rings. The van der Waals surface area contributed by atoms with E-state index in [1.165, 1.54) is 21.2 Å². The van der Waals surface area contributed by atoms with E-state index in [9.17, 15) is 0 Å². The normalized spacial score (nSPS) is 11.3. The second kappa shape index (κ2) is 10.4. The predicted molar refractivity (Wildman–Crippen MR) is 127 cm³/mol. The summed E-state index contributed by atoms with van der Waals surface area (Å²) in [6, 6.07) is 44.3. The maximum absolute atomic E-state index is 3.62. The van der Waals surface area contributed by atoms with Gasteiger partial charge >= 0.3 is 188 Å². The van der Waals surface area contributed by atoms with Crippen LogP contribution in [0.2, 0.25) is 4.89 Å². The molecular weight excluding hydrogens is 481 g/mol. The van der Waals surface area contributed by atoms with E-state index >= 15 is 0 Å². The molecule has 0 spiro atoms. The molecule has 4 aromatic carbocycles. The Morgan fingerprint density at radius 2 is 0.690 bits per heavy atom. The summed E-state index contributed by atoms with van der Waals surface area (Å²) in [6.45, 7) is 0. The van der Waals surface area contributed by atoms with Crippen molar-refractivity contribution in [3.8, 4) is 0 Å². The average molecular weight is 504 g/mol. The Morgan fingerprint density at radius 1 is 0.448 bits per heavy atom. The van der Waals surface area contributed by atoms with Gasteiger partial charge in [-0.2, -0.15) is 0 Å². The van der Waals surface area contributed by atoms with Crippen LogP contribution in [0.4, 0.5) is 0 Å². The fourth-order valence-corrected chi connectivity index (χ4v) is 12.0. The summed E-state index contributed by atoms with van der Waals surface area (Å²) in [5.74, 6) is 0. The van der Waals surface area contributed by atoms with Gasteiger partial charge < -0.3 is 0 Å². The number of hydrogen-bond acceptors (Lipinski definition) is 0. The summed E-state index contributed by atoms with van der Waals surface area (Å²) >= 11 is 3.62. The Labute approximate surface area is 187 Å². The van der Waals surface area contributed by atoms with Gasteiger partial charge in [0.2, 0.25) is 0 Å². The van der Waals surface area contributed by atoms with E-state index in [1.807, 2.05) is 0 Å². The average Bonchev–Trinajstić information content (AvgIpc) is 2.81. The van der Waals surface area contributed by atoms with E-state index in [0.717, 1.165) is 4.89 Å². The van der Waals surface area contributed by atoms with Crippen molar-refractivity contribution in [3.05, 3.63) is 121 Å². The van der Waals surface area contributed by atoms with Crippen LogP contribution in [0, 0.1) is 0 Å². The van der Waals surface area contributed by atoms with Crippen molar-refractivity contribution in [3.63, 3.8) is 0 Å². The SMILES string of the molecule is [Pd][CH2]C(P(c1ccccc1)c1ccccc1)P(c1ccccc1)c1ccccc1. The van der Waals surface area contributed by atoms with Gasteiger partial charge in [0.1, 0.15) is 0 Å². The van der Waals surface area contributed by atoms with Crippen molar-refractivity contribution >= 4 is 37.1 Å². The molecule has 0 radical (unpaired) electrons. The van der Waals surface area contributed by atoms with E-state index in [-0.39, 0.29) is 0 Å². The van der Waals surface area contributed by atoms with Crippen molar-refractivity contribution in [2.24, 2.45) is 0 Å². The molecule has 147 valence electrons. The topological polar surface area (TPSA) is 0 Å². The minimum absolute atomic E-state index is 0.510. The van der Waals surface area contributed by atoms with Gasteiger partial charge in [-0.15, -0.1) is 0 Å². The third-order valence-electron chi connectivity index (χ3n) is 4.85. The molecule has 0 heterocycles. The first-order chi connectivity index (χ1) is 14.4. The summed E-state index contributed by atoms with van der Waals surface area (Å²) in [4.78, 5) is 1.01. The molecule has 29 heavy (non-hydrogen) atoms. The van der Waals surface area contributed by atoms with Crippen molar-refractivity contribution in [1.82, 2.24) is 0 Å². The van der Waals surface area contributed by atoms with Gasteiger partial charge in [0.15, 0.2) is 0 Å². The maximum atomic E-state index is 3.62. The molecule has 4 aromatic rings. The Kier molecular flexibility index (Phi) is 7.44. The monoisotopic (exact) mass is 503 g/mol. The standard InChI is InChI=1S/C26H23P2.Pd/c1-22(27(23-14-6-2-7-15-23)24-16-8-3-9-17-24)28(25-18-10-4-11-19-25)26-20-12-5-13-21-26;/h2-22H,1H2;. The molecule has 0 fully saturated rings. The molecule has 0 atom stereocenters. The zero-order chi connectivity index (χ0) is 19.9. The van der Waals surface area contributed by atoms with E-state index in [2.05, 4.69) is 141 Å². The Morgan fingerprint density at radius 3 is 0.897 bits per heavy atom. The van der Waals surface area contributed by atoms with Gasteiger partial charge in [-0.05, 0) is 0 Å². The van der Waals surface area contributed by atoms with Crippen LogP contribution in [-0.2, 0) is 19.2 Å². The molecule has 0 aromatic heterocycles. The molecule has 0 aliphatic carbocycles. The number of hydrogen-bond donors (Lipinski definition) is 0. The molecule has 0 nitrogen and oxygen atoms in total. The van der Waals surface area contributed by atoms with E-state index < -0.39 is 15.8 Å². The van der Waals surface area contributed by atoms with Gasteiger partial charge in [-0.25, -0.2) is 0 Å². The first-order valence-corrected chi connectivity index (χ1v) is 13.6. The van der Waals surface area contributed by atoms with Crippen LogP contribution in [0.1, 0.15) is 0 Å². The van der Waals surface area contributed by atoms with Gasteiger partial charge in [0.25, 0.3) is 0 Å². The quantitative estimate of drug-likeness (QED) is 0.229. The van der Waals surface area contributed by atoms with Crippen LogP contribution in [0.3, 0.4) is 0 Å². The zero-order valence-corrected chi connectivity index (χ0v) is 19.4. The minimum atomic E-state index is -0.510. The summed E-state index contributed by atoms with van der Waals surface area (Å²) < 4.78 is 0. The van der Waals surface area contributed by atoms with Gasteiger partial charge in [0.05, 0.1) is 0 Å². The van der Waals surface area contributed by atoms with Crippen LogP contribution >= 0.6 is 15.8 Å². The molecule has 0 N–H and O–H groups in total. The molecule has 0 unspecified atom stereocenters. The molecule has 0 saturated heterocycles. The summed E-state index contributed by atoms with van der Waals surface area (Å²) in [7, 11) is -1.02. The first kappa shape index (κ1) is 20.7. The Balaban J connectivity index is 1.88. The van der Waals surface area contributed by atoms with E-state index in [4.69, 9.17) is 0 Å². The second-order valence-corrected chi connectivity index (χ2v) is 12.5. The van der Waals surface area contributed by atoms with Crippen molar-refractivity contribution < 1.29 is 19.2 Å². The van der Waals surface area contributed by atoms with Gasteiger partial charge in [0, 0.05) is 0 Å². The van der Waals surface area contributed by atoms with Crippen LogP contribution in [0.5, 0.6) is 0 Å². The summed E-state index contributed by atoms with van der Waals surface area (Å²) in [5.41, 5.74) is 0. The number of benzene rings is 4. The molecule has 4 rings (SSSR count). The van der Waals surface area contributed by atoms with Crippen LogP contribution in [0.15, 0.2) is 121 Å². The van der Waals surface area contributed by atoms with Crippen LogP contribution in [0.25, 0.3) is 0 Å². The molecule has 0 saturated carbocycles.